The minimum absolute atomic E-state index is 0.0363. The second-order valence-electron chi connectivity index (χ2n) is 4.86. The van der Waals surface area contributed by atoms with Gasteiger partial charge in [-0.05, 0) is 27.2 Å². The molecule has 0 saturated carbocycles. The molecule has 0 atom stereocenters. The average molecular weight is 237 g/mol. The number of allylic oxidation sites excluding steroid dienone is 3. The van der Waals surface area contributed by atoms with Crippen molar-refractivity contribution in [1.29, 1.82) is 0 Å². The number of hydrogen-bond donors (Lipinski definition) is 0. The van der Waals surface area contributed by atoms with Crippen molar-refractivity contribution in [2.75, 3.05) is 6.54 Å². The Balaban J connectivity index is 2.74. The third kappa shape index (κ3) is 4.43. The summed E-state index contributed by atoms with van der Waals surface area (Å²) in [6.45, 7) is 5.45. The summed E-state index contributed by atoms with van der Waals surface area (Å²) in [5.41, 5.74) is 0.275. The fourth-order valence-electron chi connectivity index (χ4n) is 1.51. The molecule has 0 spiro atoms. The standard InChI is InChI=1S/C13H19NO3/c1-13(2,3)17-12(16)14(9-10-15)11-7-5-4-6-8-11/h4-5,8,10H,6-7,9H2,1-3H3. The number of carbonyl (C=O) groups is 2. The Hall–Kier alpha value is -1.58. The summed E-state index contributed by atoms with van der Waals surface area (Å²) in [5.74, 6) is 0. The first-order valence-electron chi connectivity index (χ1n) is 5.72. The molecule has 1 amide bonds. The molecule has 0 aromatic heterocycles. The Kier molecular flexibility index (Phi) is 4.49. The van der Waals surface area contributed by atoms with Crippen LogP contribution < -0.4 is 0 Å². The lowest BCUT2D eigenvalue weighted by Crippen LogP contribution is -2.37. The number of carbonyl (C=O) groups excluding carboxylic acids is 2. The van der Waals surface area contributed by atoms with Crippen LogP contribution in [0.5, 0.6) is 0 Å². The minimum atomic E-state index is -0.552. The van der Waals surface area contributed by atoms with Gasteiger partial charge in [-0.1, -0.05) is 18.2 Å². The van der Waals surface area contributed by atoms with Crippen LogP contribution in [0, 0.1) is 0 Å². The van der Waals surface area contributed by atoms with Crippen molar-refractivity contribution in [1.82, 2.24) is 4.90 Å². The first-order valence-corrected chi connectivity index (χ1v) is 5.72. The molecule has 0 heterocycles. The Morgan fingerprint density at radius 3 is 2.65 bits per heavy atom. The Bertz CT molecular complexity index is 350. The predicted molar refractivity (Wildman–Crippen MR) is 65.5 cm³/mol. The van der Waals surface area contributed by atoms with Gasteiger partial charge in [0.25, 0.3) is 0 Å². The van der Waals surface area contributed by atoms with E-state index in [-0.39, 0.29) is 6.54 Å². The summed E-state index contributed by atoms with van der Waals surface area (Å²) in [4.78, 5) is 24.0. The molecule has 1 aliphatic carbocycles. The van der Waals surface area contributed by atoms with Gasteiger partial charge < -0.3 is 9.53 Å². The molecule has 17 heavy (non-hydrogen) atoms. The van der Waals surface area contributed by atoms with Crippen molar-refractivity contribution in [3.05, 3.63) is 23.9 Å². The van der Waals surface area contributed by atoms with E-state index >= 15 is 0 Å². The number of nitrogens with zero attached hydrogens (tertiary/aromatic N) is 1. The minimum Gasteiger partial charge on any atom is -0.443 e. The van der Waals surface area contributed by atoms with Crippen LogP contribution in [0.2, 0.25) is 0 Å². The molecule has 0 aromatic carbocycles. The van der Waals surface area contributed by atoms with Crippen molar-refractivity contribution in [3.8, 4) is 0 Å². The third-order valence-electron chi connectivity index (χ3n) is 2.20. The average Bonchev–Trinajstić information content (AvgIpc) is 2.24. The Labute approximate surface area is 102 Å². The van der Waals surface area contributed by atoms with Crippen LogP contribution in [0.25, 0.3) is 0 Å². The summed E-state index contributed by atoms with van der Waals surface area (Å²) in [5, 5.41) is 0. The zero-order valence-electron chi connectivity index (χ0n) is 10.6. The summed E-state index contributed by atoms with van der Waals surface area (Å²) < 4.78 is 5.27. The maximum atomic E-state index is 11.9. The quantitative estimate of drug-likeness (QED) is 0.560. The predicted octanol–water partition coefficient (Wildman–Crippen LogP) is 2.66. The SMILES string of the molecule is CC(C)(C)OC(=O)N(CC=O)C1=CCC=CC1. The summed E-state index contributed by atoms with van der Waals surface area (Å²) >= 11 is 0. The largest absolute Gasteiger partial charge is 0.443 e. The molecule has 0 saturated heterocycles. The Morgan fingerprint density at radius 2 is 2.18 bits per heavy atom. The van der Waals surface area contributed by atoms with Gasteiger partial charge in [-0.25, -0.2) is 4.79 Å². The second-order valence-corrected chi connectivity index (χ2v) is 4.86. The highest BCUT2D eigenvalue weighted by Crippen LogP contribution is 2.18. The van der Waals surface area contributed by atoms with Gasteiger partial charge in [0.15, 0.2) is 0 Å². The van der Waals surface area contributed by atoms with Gasteiger partial charge in [-0.15, -0.1) is 0 Å². The van der Waals surface area contributed by atoms with E-state index < -0.39 is 11.7 Å². The highest BCUT2D eigenvalue weighted by atomic mass is 16.6. The Morgan fingerprint density at radius 1 is 1.47 bits per heavy atom. The van der Waals surface area contributed by atoms with E-state index in [1.807, 2.05) is 18.2 Å². The van der Waals surface area contributed by atoms with E-state index in [0.29, 0.717) is 12.7 Å². The second kappa shape index (κ2) is 5.66. The maximum absolute atomic E-state index is 11.9. The first-order chi connectivity index (χ1) is 7.94. The molecule has 0 fully saturated rings. The molecule has 0 N–H and O–H groups in total. The molecule has 0 unspecified atom stereocenters. The monoisotopic (exact) mass is 237 g/mol. The number of ether oxygens (including phenoxy) is 1. The molecule has 0 aromatic rings. The number of rotatable bonds is 3. The maximum Gasteiger partial charge on any atom is 0.414 e. The third-order valence-corrected chi connectivity index (χ3v) is 2.20. The smallest absolute Gasteiger partial charge is 0.414 e. The first kappa shape index (κ1) is 13.5. The molecule has 0 bridgehead atoms. The number of hydrogen-bond acceptors (Lipinski definition) is 3. The zero-order valence-corrected chi connectivity index (χ0v) is 10.6. The molecular weight excluding hydrogens is 218 g/mol. The molecule has 4 nitrogen and oxygen atoms in total. The van der Waals surface area contributed by atoms with Gasteiger partial charge in [0, 0.05) is 12.1 Å². The zero-order chi connectivity index (χ0) is 12.9. The van der Waals surface area contributed by atoms with Gasteiger partial charge >= 0.3 is 6.09 Å². The van der Waals surface area contributed by atoms with Crippen LogP contribution in [0.1, 0.15) is 33.6 Å². The van der Waals surface area contributed by atoms with Gasteiger partial charge in [-0.2, -0.15) is 0 Å². The van der Waals surface area contributed by atoms with E-state index in [1.165, 1.54) is 4.90 Å². The normalized spacial score (nSPS) is 15.1. The van der Waals surface area contributed by atoms with Gasteiger partial charge in [-0.3, -0.25) is 4.90 Å². The van der Waals surface area contributed by atoms with E-state index in [1.54, 1.807) is 20.8 Å². The van der Waals surface area contributed by atoms with Gasteiger partial charge in [0.1, 0.15) is 11.9 Å². The topological polar surface area (TPSA) is 46.6 Å². The lowest BCUT2D eigenvalue weighted by atomic mass is 10.1. The van der Waals surface area contributed by atoms with Crippen molar-refractivity contribution in [3.63, 3.8) is 0 Å². The summed E-state index contributed by atoms with van der Waals surface area (Å²) in [6, 6.07) is 0. The summed E-state index contributed by atoms with van der Waals surface area (Å²) in [6.07, 6.45) is 7.64. The van der Waals surface area contributed by atoms with Crippen LogP contribution >= 0.6 is 0 Å². The van der Waals surface area contributed by atoms with Crippen LogP contribution in [-0.2, 0) is 9.53 Å². The molecule has 94 valence electrons. The molecule has 1 aliphatic rings. The van der Waals surface area contributed by atoms with E-state index in [4.69, 9.17) is 4.74 Å². The molecule has 0 radical (unpaired) electrons. The van der Waals surface area contributed by atoms with Gasteiger partial charge in [0.2, 0.25) is 0 Å². The van der Waals surface area contributed by atoms with Crippen molar-refractivity contribution >= 4 is 12.4 Å². The fraction of sp³-hybridized carbons (Fsp3) is 0.538. The van der Waals surface area contributed by atoms with Crippen LogP contribution in [-0.4, -0.2) is 29.4 Å². The lowest BCUT2D eigenvalue weighted by molar-refractivity contribution is -0.108. The molecule has 1 rings (SSSR count). The van der Waals surface area contributed by atoms with E-state index in [9.17, 15) is 9.59 Å². The van der Waals surface area contributed by atoms with E-state index in [0.717, 1.165) is 12.1 Å². The van der Waals surface area contributed by atoms with Crippen LogP contribution in [0.3, 0.4) is 0 Å². The van der Waals surface area contributed by atoms with Crippen LogP contribution in [0.15, 0.2) is 23.9 Å². The number of amides is 1. The fourth-order valence-corrected chi connectivity index (χ4v) is 1.51. The highest BCUT2D eigenvalue weighted by Gasteiger charge is 2.24. The number of aldehydes is 1. The van der Waals surface area contributed by atoms with Crippen LogP contribution in [0.4, 0.5) is 4.79 Å². The van der Waals surface area contributed by atoms with Gasteiger partial charge in [0.05, 0.1) is 6.54 Å². The molecule has 0 aliphatic heterocycles. The van der Waals surface area contributed by atoms with Crippen molar-refractivity contribution in [2.24, 2.45) is 0 Å². The highest BCUT2D eigenvalue weighted by molar-refractivity contribution is 5.74. The molecule has 4 heteroatoms. The molecular formula is C13H19NO3. The van der Waals surface area contributed by atoms with Crippen molar-refractivity contribution in [2.45, 2.75) is 39.2 Å². The lowest BCUT2D eigenvalue weighted by Gasteiger charge is -2.28. The van der Waals surface area contributed by atoms with Crippen molar-refractivity contribution < 1.29 is 14.3 Å². The summed E-state index contributed by atoms with van der Waals surface area (Å²) in [7, 11) is 0. The van der Waals surface area contributed by atoms with E-state index in [2.05, 4.69) is 0 Å².